The van der Waals surface area contributed by atoms with Crippen LogP contribution < -0.4 is 17.2 Å². The molecule has 0 rings (SSSR count). The molecule has 0 aliphatic carbocycles. The monoisotopic (exact) mass is 955 g/mol. The number of carbonyl (C=O) groups is 3. The van der Waals surface area contributed by atoms with Crippen LogP contribution >= 0.6 is 0 Å². The molecule has 0 heterocycles. The van der Waals surface area contributed by atoms with Crippen LogP contribution in [0.25, 0.3) is 0 Å². The minimum Gasteiger partial charge on any atom is -0.780 e. The van der Waals surface area contributed by atoms with Crippen LogP contribution in [-0.4, -0.2) is 92.8 Å². The van der Waals surface area contributed by atoms with Gasteiger partial charge in [-0.2, -0.15) is 0 Å². The van der Waals surface area contributed by atoms with Gasteiger partial charge in [0.2, 0.25) is 0 Å². The van der Waals surface area contributed by atoms with Gasteiger partial charge >= 0.3 is 62.7 Å². The van der Waals surface area contributed by atoms with Gasteiger partial charge in [-0.05, 0) is 33.6 Å². The second-order valence-electron chi connectivity index (χ2n) is 3.02. The van der Waals surface area contributed by atoms with Gasteiger partial charge in [0.1, 0.15) is 0 Å². The second-order valence-corrected chi connectivity index (χ2v) is 9.14. The van der Waals surface area contributed by atoms with E-state index in [0.29, 0.717) is 0 Å². The van der Waals surface area contributed by atoms with Crippen molar-refractivity contribution < 1.29 is 114 Å². The molecule has 26 heteroatoms. The van der Waals surface area contributed by atoms with Crippen molar-refractivity contribution in [3.63, 3.8) is 0 Å². The third-order valence-electron chi connectivity index (χ3n) is 0.524. The normalized spacial score (nSPS) is 8.91. The van der Waals surface area contributed by atoms with Gasteiger partial charge in [0.15, 0.2) is 0 Å². The molecule has 202 valence electrons. The molecule has 9 N–H and O–H groups in total. The van der Waals surface area contributed by atoms with Gasteiger partial charge in [0, 0.05) is 0 Å². The minimum absolute atomic E-state index is 0. The zero-order valence-corrected chi connectivity index (χ0v) is 23.9. The van der Waals surface area contributed by atoms with E-state index < -0.39 is 45.1 Å². The molecule has 0 aromatic rings. The van der Waals surface area contributed by atoms with Gasteiger partial charge in [-0.1, -0.05) is 0 Å². The quantitative estimate of drug-likeness (QED) is 0.143. The van der Waals surface area contributed by atoms with Crippen LogP contribution in [0, 0.1) is 0 Å². The fourth-order valence-corrected chi connectivity index (χ4v) is 0. The Bertz CT molecular complexity index is 643. The molecule has 0 aromatic carbocycles. The van der Waals surface area contributed by atoms with E-state index in [2.05, 4.69) is 50.8 Å². The first-order valence-electron chi connectivity index (χ1n) is 5.57. The van der Waals surface area contributed by atoms with Gasteiger partial charge in [-0.25, -0.2) is 0 Å². The van der Waals surface area contributed by atoms with Crippen LogP contribution in [0.2, 0.25) is 0 Å². The Morgan fingerprint density at radius 1 is 0.562 bits per heavy atom. The Morgan fingerprint density at radius 2 is 0.594 bits per heavy atom. The summed E-state index contributed by atoms with van der Waals surface area (Å²) in [5.41, 5.74) is 13.7. The van der Waals surface area contributed by atoms with Gasteiger partial charge in [-0.3, -0.25) is 27.0 Å². The third-order valence-corrected chi connectivity index (χ3v) is 0.524. The van der Waals surface area contributed by atoms with Crippen LogP contribution in [0.5, 0.6) is 0 Å². The van der Waals surface area contributed by atoms with E-state index in [4.69, 9.17) is 55.3 Å². The van der Waals surface area contributed by atoms with Crippen molar-refractivity contribution in [1.82, 2.24) is 0 Å². The largest absolute Gasteiger partial charge is 3.00 e. The molecule has 0 atom stereocenters. The number of hydrogen-bond acceptors (Lipinski definition) is 18. The summed E-state index contributed by atoms with van der Waals surface area (Å²) in [6, 6.07) is 0. The molecule has 0 saturated heterocycles. The molecular formula is C6H15Au2N3O15S6. The number of aliphatic carboxylic acids is 3. The third kappa shape index (κ3) is 610. The number of carboxylic acids is 3. The maximum Gasteiger partial charge on any atom is 3.00 e. The second kappa shape index (κ2) is 31.6. The molecule has 0 saturated carbocycles. The van der Waals surface area contributed by atoms with Gasteiger partial charge in [0.25, 0.3) is 0 Å². The summed E-state index contributed by atoms with van der Waals surface area (Å²) >= 11 is 9.73. The van der Waals surface area contributed by atoms with Crippen molar-refractivity contribution in [2.24, 2.45) is 17.2 Å². The average molecular weight is 956 g/mol. The molecule has 0 unspecified atom stereocenters. The molecule has 32 heavy (non-hydrogen) atoms. The zero-order chi connectivity index (χ0) is 26.4. The van der Waals surface area contributed by atoms with E-state index in [-0.39, 0.29) is 64.4 Å². The van der Waals surface area contributed by atoms with Crippen molar-refractivity contribution in [2.75, 3.05) is 19.6 Å². The average Bonchev–Trinajstić information content (AvgIpc) is 2.43. The van der Waals surface area contributed by atoms with Crippen LogP contribution in [0.4, 0.5) is 0 Å². The summed E-state index contributed by atoms with van der Waals surface area (Å²) in [5.74, 6) is -2.90. The smallest absolute Gasteiger partial charge is 0.780 e. The van der Waals surface area contributed by atoms with E-state index in [0.717, 1.165) is 0 Å². The predicted octanol–water partition coefficient (Wildman–Crippen LogP) is -5.94. The summed E-state index contributed by atoms with van der Waals surface area (Å²) in [6.07, 6.45) is 0. The molecule has 18 nitrogen and oxygen atoms in total. The Morgan fingerprint density at radius 3 is 0.594 bits per heavy atom. The molecular weight excluding hydrogens is 940 g/mol. The first-order valence-corrected chi connectivity index (χ1v) is 12.6. The standard InChI is InChI=1S/3C2H5NO2.2Au.3H2O3S2/c3*3-1-2(4)5;;;3*1-5(2,3)4/h3*1,3H2,(H,4,5);;;3*(H2,1,2,3,4)/q;;;2*+3;;;/p-6. The number of hydrogen-bond donors (Lipinski definition) is 6. The predicted molar refractivity (Wildman–Crippen MR) is 101 cm³/mol. The Kier molecular flexibility index (Phi) is 53.2. The fourth-order valence-electron chi connectivity index (χ4n) is 0. The number of nitrogens with two attached hydrogens (primary N) is 3. The van der Waals surface area contributed by atoms with Crippen molar-refractivity contribution in [3.8, 4) is 0 Å². The number of carboxylic acid groups (broad SMARTS) is 3. The minimum atomic E-state index is -4.33. The first kappa shape index (κ1) is 53.8. The van der Waals surface area contributed by atoms with E-state index >= 15 is 0 Å². The van der Waals surface area contributed by atoms with Crippen molar-refractivity contribution >= 4 is 78.6 Å². The maximum absolute atomic E-state index is 9.24. The SMILES string of the molecule is NCC(=O)O.NCC(=O)O.NCC(=O)O.O=S([O-])([O-])=S.O=S([O-])([O-])=S.O=S([O-])([O-])=S.[Au+3].[Au+3]. The van der Waals surface area contributed by atoms with E-state index in [1.165, 1.54) is 0 Å². The summed E-state index contributed by atoms with van der Waals surface area (Å²) in [5, 5.41) is 22.8. The van der Waals surface area contributed by atoms with Crippen molar-refractivity contribution in [1.29, 1.82) is 0 Å². The summed E-state index contributed by atoms with van der Waals surface area (Å²) in [7, 11) is -13.0. The van der Waals surface area contributed by atoms with Crippen molar-refractivity contribution in [3.05, 3.63) is 0 Å². The fraction of sp³-hybridized carbons (Fsp3) is 0.500. The summed E-state index contributed by atoms with van der Waals surface area (Å²) in [4.78, 5) is 27.7. The Balaban J connectivity index is -0.0000000356. The van der Waals surface area contributed by atoms with E-state index in [9.17, 15) is 14.4 Å². The Labute approximate surface area is 228 Å². The van der Waals surface area contributed by atoms with Gasteiger partial charge < -0.3 is 59.8 Å². The van der Waals surface area contributed by atoms with Crippen LogP contribution in [0.3, 0.4) is 0 Å². The zero-order valence-electron chi connectivity index (χ0n) is 14.6. The molecule has 0 bridgehead atoms. The van der Waals surface area contributed by atoms with Crippen LogP contribution in [-0.2, 0) is 120 Å². The molecule has 0 aliphatic heterocycles. The molecule has 0 spiro atoms. The summed E-state index contributed by atoms with van der Waals surface area (Å²) in [6.45, 7) is -0.833. The molecule has 0 radical (unpaired) electrons. The van der Waals surface area contributed by atoms with E-state index in [1.54, 1.807) is 0 Å². The van der Waals surface area contributed by atoms with Crippen LogP contribution in [0.1, 0.15) is 0 Å². The summed E-state index contributed by atoms with van der Waals surface area (Å²) < 4.78 is 80.0. The number of rotatable bonds is 3. The van der Waals surface area contributed by atoms with Crippen molar-refractivity contribution in [2.45, 2.75) is 0 Å². The molecule has 0 fully saturated rings. The van der Waals surface area contributed by atoms with E-state index in [1.807, 2.05) is 0 Å². The van der Waals surface area contributed by atoms with Crippen LogP contribution in [0.15, 0.2) is 0 Å². The molecule has 0 amide bonds. The van der Waals surface area contributed by atoms with Gasteiger partial charge in [0.05, 0.1) is 19.6 Å². The molecule has 0 aromatic heterocycles. The molecule has 0 aliphatic rings. The Hall–Kier alpha value is 0.641. The van der Waals surface area contributed by atoms with Gasteiger partial charge in [-0.15, -0.1) is 27.2 Å². The topological polar surface area (TPSA) is 380 Å². The maximum atomic E-state index is 9.24. The first-order chi connectivity index (χ1) is 12.8.